The van der Waals surface area contributed by atoms with Crippen molar-refractivity contribution < 1.29 is 4.42 Å². The van der Waals surface area contributed by atoms with Gasteiger partial charge in [-0.3, -0.25) is 0 Å². The van der Waals surface area contributed by atoms with Gasteiger partial charge in [0.15, 0.2) is 11.5 Å². The third kappa shape index (κ3) is 1.57. The van der Waals surface area contributed by atoms with Crippen LogP contribution in [-0.2, 0) is 12.8 Å². The van der Waals surface area contributed by atoms with Crippen molar-refractivity contribution in [1.82, 2.24) is 10.3 Å². The SMILES string of the molecule is Cc1nc2cc3c(c(Br)c2o1)CCNCC3. The molecule has 2 heterocycles. The van der Waals surface area contributed by atoms with E-state index in [2.05, 4.69) is 32.3 Å². The minimum atomic E-state index is 0.731. The first kappa shape index (κ1) is 10.3. The van der Waals surface area contributed by atoms with Crippen LogP contribution in [0.25, 0.3) is 11.1 Å². The molecule has 0 saturated carbocycles. The number of nitrogens with one attached hydrogen (secondary N) is 1. The Hall–Kier alpha value is -0.870. The van der Waals surface area contributed by atoms with Crippen molar-refractivity contribution in [3.63, 3.8) is 0 Å². The van der Waals surface area contributed by atoms with Gasteiger partial charge in [-0.1, -0.05) is 0 Å². The van der Waals surface area contributed by atoms with E-state index in [-0.39, 0.29) is 0 Å². The fraction of sp³-hybridized carbons (Fsp3) is 0.417. The zero-order valence-corrected chi connectivity index (χ0v) is 10.7. The molecule has 0 radical (unpaired) electrons. The third-order valence-electron chi connectivity index (χ3n) is 3.05. The van der Waals surface area contributed by atoms with E-state index in [9.17, 15) is 0 Å². The highest BCUT2D eigenvalue weighted by molar-refractivity contribution is 9.10. The van der Waals surface area contributed by atoms with E-state index in [0.29, 0.717) is 0 Å². The van der Waals surface area contributed by atoms with Gasteiger partial charge in [0.25, 0.3) is 0 Å². The largest absolute Gasteiger partial charge is 0.440 e. The molecule has 4 heteroatoms. The lowest BCUT2D eigenvalue weighted by atomic mass is 10.0. The van der Waals surface area contributed by atoms with E-state index >= 15 is 0 Å². The summed E-state index contributed by atoms with van der Waals surface area (Å²) in [5, 5.41) is 3.41. The molecule has 3 nitrogen and oxygen atoms in total. The molecule has 1 aromatic heterocycles. The van der Waals surface area contributed by atoms with Crippen LogP contribution in [0.4, 0.5) is 0 Å². The molecule has 0 amide bonds. The number of nitrogens with zero attached hydrogens (tertiary/aromatic N) is 1. The summed E-state index contributed by atoms with van der Waals surface area (Å²) in [4.78, 5) is 4.40. The van der Waals surface area contributed by atoms with Gasteiger partial charge in [0.05, 0.1) is 4.47 Å². The molecule has 0 atom stereocenters. The Balaban J connectivity index is 2.28. The van der Waals surface area contributed by atoms with E-state index in [4.69, 9.17) is 4.42 Å². The van der Waals surface area contributed by atoms with E-state index in [1.54, 1.807) is 0 Å². The Morgan fingerprint density at radius 3 is 3.06 bits per heavy atom. The van der Waals surface area contributed by atoms with Crippen LogP contribution < -0.4 is 5.32 Å². The van der Waals surface area contributed by atoms with Gasteiger partial charge in [0, 0.05) is 6.92 Å². The van der Waals surface area contributed by atoms with Crippen LogP contribution >= 0.6 is 15.9 Å². The second-order valence-corrected chi connectivity index (χ2v) is 4.95. The maximum Gasteiger partial charge on any atom is 0.192 e. The molecule has 1 aromatic carbocycles. The summed E-state index contributed by atoms with van der Waals surface area (Å²) in [5.74, 6) is 0.731. The molecule has 16 heavy (non-hydrogen) atoms. The predicted molar refractivity (Wildman–Crippen MR) is 66.7 cm³/mol. The smallest absolute Gasteiger partial charge is 0.192 e. The highest BCUT2D eigenvalue weighted by Gasteiger charge is 2.17. The molecule has 1 N–H and O–H groups in total. The zero-order valence-electron chi connectivity index (χ0n) is 9.14. The summed E-state index contributed by atoms with van der Waals surface area (Å²) in [6.07, 6.45) is 2.11. The molecule has 0 unspecified atom stereocenters. The Kier molecular flexibility index (Phi) is 2.48. The van der Waals surface area contributed by atoms with Crippen molar-refractivity contribution in [3.8, 4) is 0 Å². The first-order valence-corrected chi connectivity index (χ1v) is 6.33. The Morgan fingerprint density at radius 2 is 2.19 bits per heavy atom. The van der Waals surface area contributed by atoms with Gasteiger partial charge in [0.2, 0.25) is 0 Å². The van der Waals surface area contributed by atoms with Crippen LogP contribution in [0.2, 0.25) is 0 Å². The second-order valence-electron chi connectivity index (χ2n) is 4.16. The van der Waals surface area contributed by atoms with Crippen molar-refractivity contribution in [3.05, 3.63) is 27.6 Å². The maximum absolute atomic E-state index is 5.63. The number of oxazole rings is 1. The van der Waals surface area contributed by atoms with Crippen LogP contribution in [0.15, 0.2) is 15.0 Å². The highest BCUT2D eigenvalue weighted by Crippen LogP contribution is 2.32. The highest BCUT2D eigenvalue weighted by atomic mass is 79.9. The number of halogens is 1. The van der Waals surface area contributed by atoms with Crippen molar-refractivity contribution in [2.75, 3.05) is 13.1 Å². The summed E-state index contributed by atoms with van der Waals surface area (Å²) >= 11 is 3.65. The summed E-state index contributed by atoms with van der Waals surface area (Å²) < 4.78 is 6.71. The predicted octanol–water partition coefficient (Wildman–Crippen LogP) is 2.59. The van der Waals surface area contributed by atoms with Gasteiger partial charge in [0.1, 0.15) is 5.52 Å². The molecule has 2 aromatic rings. The number of aromatic nitrogens is 1. The molecule has 1 aliphatic rings. The van der Waals surface area contributed by atoms with Crippen LogP contribution in [0, 0.1) is 6.92 Å². The number of benzene rings is 1. The maximum atomic E-state index is 5.63. The molecule has 0 fully saturated rings. The van der Waals surface area contributed by atoms with Crippen LogP contribution in [0.1, 0.15) is 17.0 Å². The Bertz CT molecular complexity index is 547. The molecule has 0 saturated heterocycles. The van der Waals surface area contributed by atoms with E-state index in [1.807, 2.05) is 6.92 Å². The molecule has 0 aliphatic carbocycles. The van der Waals surface area contributed by atoms with Crippen molar-refractivity contribution >= 4 is 27.0 Å². The monoisotopic (exact) mass is 280 g/mol. The molecule has 0 bridgehead atoms. The lowest BCUT2D eigenvalue weighted by Crippen LogP contribution is -2.16. The summed E-state index contributed by atoms with van der Waals surface area (Å²) in [6, 6.07) is 2.17. The van der Waals surface area contributed by atoms with Gasteiger partial charge < -0.3 is 9.73 Å². The lowest BCUT2D eigenvalue weighted by molar-refractivity contribution is 0.559. The first-order valence-electron chi connectivity index (χ1n) is 5.54. The zero-order chi connectivity index (χ0) is 11.1. The van der Waals surface area contributed by atoms with Gasteiger partial charge in [-0.05, 0) is 59.1 Å². The average molecular weight is 281 g/mol. The standard InChI is InChI=1S/C12H13BrN2O/c1-7-15-10-6-8-2-4-14-5-3-9(8)11(13)12(10)16-7/h6,14H,2-5H2,1H3. The number of hydrogen-bond acceptors (Lipinski definition) is 3. The minimum Gasteiger partial charge on any atom is -0.440 e. The van der Waals surface area contributed by atoms with Gasteiger partial charge in [-0.25, -0.2) is 4.98 Å². The normalized spacial score (nSPS) is 16.1. The topological polar surface area (TPSA) is 38.1 Å². The van der Waals surface area contributed by atoms with E-state index < -0.39 is 0 Å². The number of rotatable bonds is 0. The quantitative estimate of drug-likeness (QED) is 0.806. The molecule has 3 rings (SSSR count). The van der Waals surface area contributed by atoms with Crippen LogP contribution in [-0.4, -0.2) is 18.1 Å². The Morgan fingerprint density at radius 1 is 1.38 bits per heavy atom. The van der Waals surface area contributed by atoms with Crippen LogP contribution in [0.5, 0.6) is 0 Å². The van der Waals surface area contributed by atoms with Gasteiger partial charge in [-0.2, -0.15) is 0 Å². The van der Waals surface area contributed by atoms with Crippen molar-refractivity contribution in [1.29, 1.82) is 0 Å². The number of aryl methyl sites for hydroxylation is 1. The molecule has 1 aliphatic heterocycles. The fourth-order valence-electron chi connectivity index (χ4n) is 2.28. The number of fused-ring (bicyclic) bond motifs is 2. The molecular formula is C12H13BrN2O. The summed E-state index contributed by atoms with van der Waals surface area (Å²) in [5.41, 5.74) is 4.61. The summed E-state index contributed by atoms with van der Waals surface area (Å²) in [6.45, 7) is 3.96. The first-order chi connectivity index (χ1) is 7.75. The van der Waals surface area contributed by atoms with E-state index in [0.717, 1.165) is 47.4 Å². The van der Waals surface area contributed by atoms with Gasteiger partial charge in [-0.15, -0.1) is 0 Å². The molecule has 0 spiro atoms. The summed E-state index contributed by atoms with van der Waals surface area (Å²) in [7, 11) is 0. The third-order valence-corrected chi connectivity index (χ3v) is 3.88. The average Bonchev–Trinajstić information content (AvgIpc) is 2.48. The van der Waals surface area contributed by atoms with Crippen molar-refractivity contribution in [2.45, 2.75) is 19.8 Å². The minimum absolute atomic E-state index is 0.731. The van der Waals surface area contributed by atoms with Crippen molar-refractivity contribution in [2.24, 2.45) is 0 Å². The van der Waals surface area contributed by atoms with Gasteiger partial charge >= 0.3 is 0 Å². The fourth-order valence-corrected chi connectivity index (χ4v) is 3.02. The Labute approximate surface area is 102 Å². The van der Waals surface area contributed by atoms with Crippen LogP contribution in [0.3, 0.4) is 0 Å². The molecular weight excluding hydrogens is 268 g/mol. The van der Waals surface area contributed by atoms with E-state index in [1.165, 1.54) is 11.1 Å². The second kappa shape index (κ2) is 3.86. The lowest BCUT2D eigenvalue weighted by Gasteiger charge is -2.07. The number of hydrogen-bond donors (Lipinski definition) is 1. The molecule has 84 valence electrons.